The molecule has 0 aromatic carbocycles. The summed E-state index contributed by atoms with van der Waals surface area (Å²) in [7, 11) is -3.55. The summed E-state index contributed by atoms with van der Waals surface area (Å²) in [5.74, 6) is 0.0816. The Bertz CT molecular complexity index is 470. The topological polar surface area (TPSA) is 101 Å². The van der Waals surface area contributed by atoms with Gasteiger partial charge in [-0.25, -0.2) is 13.1 Å². The summed E-state index contributed by atoms with van der Waals surface area (Å²) in [6.45, 7) is 1.99. The second-order valence-electron chi connectivity index (χ2n) is 4.24. The van der Waals surface area contributed by atoms with Crippen molar-refractivity contribution in [3.8, 4) is 0 Å². The first-order chi connectivity index (χ1) is 7.49. The Kier molecular flexibility index (Phi) is 2.67. The van der Waals surface area contributed by atoms with E-state index >= 15 is 0 Å². The molecule has 4 N–H and O–H groups in total. The van der Waals surface area contributed by atoms with Crippen molar-refractivity contribution in [3.05, 3.63) is 6.20 Å². The van der Waals surface area contributed by atoms with Crippen molar-refractivity contribution >= 4 is 15.8 Å². The number of H-pyrrole nitrogens is 1. The summed E-state index contributed by atoms with van der Waals surface area (Å²) in [6.07, 6.45) is 4.88. The number of nitrogen functional groups attached to an aromatic ring is 1. The number of nitrogens with zero attached hydrogens (tertiary/aromatic N) is 1. The monoisotopic (exact) mass is 244 g/mol. The molecule has 0 bridgehead atoms. The quantitative estimate of drug-likeness (QED) is 0.722. The maximum atomic E-state index is 12.0. The van der Waals surface area contributed by atoms with E-state index in [1.807, 2.05) is 6.92 Å². The number of aromatic amines is 1. The smallest absolute Gasteiger partial charge is 0.246 e. The molecule has 1 aromatic heterocycles. The lowest BCUT2D eigenvalue weighted by molar-refractivity contribution is 0.214. The molecule has 6 nitrogen and oxygen atoms in total. The highest BCUT2D eigenvalue weighted by atomic mass is 32.2. The molecule has 1 aromatic rings. The Labute approximate surface area is 94.7 Å². The average molecular weight is 244 g/mol. The minimum absolute atomic E-state index is 0.0345. The van der Waals surface area contributed by atoms with Crippen molar-refractivity contribution in [1.82, 2.24) is 14.9 Å². The third kappa shape index (κ3) is 1.80. The van der Waals surface area contributed by atoms with Crippen LogP contribution in [0.2, 0.25) is 0 Å². The van der Waals surface area contributed by atoms with Crippen molar-refractivity contribution < 1.29 is 8.42 Å². The number of aromatic nitrogens is 2. The Morgan fingerprint density at radius 2 is 2.31 bits per heavy atom. The van der Waals surface area contributed by atoms with Gasteiger partial charge in [-0.1, -0.05) is 6.92 Å². The van der Waals surface area contributed by atoms with E-state index in [1.165, 1.54) is 6.20 Å². The molecular weight excluding hydrogens is 228 g/mol. The predicted octanol–water partition coefficient (Wildman–Crippen LogP) is 0.603. The van der Waals surface area contributed by atoms with Crippen LogP contribution >= 0.6 is 0 Å². The Morgan fingerprint density at radius 1 is 1.62 bits per heavy atom. The average Bonchev–Trinajstić information content (AvgIpc) is 2.59. The number of nitrogens with two attached hydrogens (primary N) is 1. The van der Waals surface area contributed by atoms with Gasteiger partial charge in [0, 0.05) is 5.54 Å². The van der Waals surface area contributed by atoms with Gasteiger partial charge in [0.25, 0.3) is 0 Å². The van der Waals surface area contributed by atoms with Crippen molar-refractivity contribution in [3.63, 3.8) is 0 Å². The molecule has 2 rings (SSSR count). The van der Waals surface area contributed by atoms with Crippen LogP contribution in [0.25, 0.3) is 0 Å². The fraction of sp³-hybridized carbons (Fsp3) is 0.667. The SMILES string of the molecule is CCC1(NS(=O)(=O)c2cn[nH]c2N)CCC1. The van der Waals surface area contributed by atoms with Gasteiger partial charge >= 0.3 is 0 Å². The van der Waals surface area contributed by atoms with Gasteiger partial charge in [-0.05, 0) is 25.7 Å². The van der Waals surface area contributed by atoms with Crippen LogP contribution in [0.15, 0.2) is 11.1 Å². The van der Waals surface area contributed by atoms with Gasteiger partial charge in [0.2, 0.25) is 10.0 Å². The van der Waals surface area contributed by atoms with Gasteiger partial charge in [0.1, 0.15) is 10.7 Å². The zero-order valence-corrected chi connectivity index (χ0v) is 9.97. The summed E-state index contributed by atoms with van der Waals surface area (Å²) in [4.78, 5) is 0.0345. The van der Waals surface area contributed by atoms with Gasteiger partial charge in [0.15, 0.2) is 0 Å². The van der Waals surface area contributed by atoms with Crippen LogP contribution in [0.4, 0.5) is 5.82 Å². The highest BCUT2D eigenvalue weighted by molar-refractivity contribution is 7.89. The van der Waals surface area contributed by atoms with E-state index in [2.05, 4.69) is 14.9 Å². The molecule has 0 unspecified atom stereocenters. The molecule has 0 amide bonds. The lowest BCUT2D eigenvalue weighted by Crippen LogP contribution is -2.52. The first-order valence-corrected chi connectivity index (χ1v) is 6.80. The fourth-order valence-electron chi connectivity index (χ4n) is 1.97. The predicted molar refractivity (Wildman–Crippen MR) is 60.2 cm³/mol. The van der Waals surface area contributed by atoms with Crippen LogP contribution in [0, 0.1) is 0 Å². The number of nitrogens with one attached hydrogen (secondary N) is 2. The Hall–Kier alpha value is -1.08. The molecule has 0 radical (unpaired) electrons. The molecule has 0 aliphatic heterocycles. The van der Waals surface area contributed by atoms with E-state index in [-0.39, 0.29) is 16.3 Å². The van der Waals surface area contributed by atoms with Crippen molar-refractivity contribution in [2.45, 2.75) is 43.0 Å². The standard InChI is InChI=1S/C9H16N4O2S/c1-2-9(4-3-5-9)13-16(14,15)7-6-11-12-8(7)10/h6,13H,2-5H2,1H3,(H3,10,11,12). The number of hydrogen-bond acceptors (Lipinski definition) is 4. The number of anilines is 1. The normalized spacial score (nSPS) is 19.3. The molecule has 90 valence electrons. The Balaban J connectivity index is 2.24. The highest BCUT2D eigenvalue weighted by Crippen LogP contribution is 2.36. The van der Waals surface area contributed by atoms with E-state index in [4.69, 9.17) is 5.73 Å². The van der Waals surface area contributed by atoms with Crippen LogP contribution in [0.1, 0.15) is 32.6 Å². The van der Waals surface area contributed by atoms with Crippen LogP contribution in [0.3, 0.4) is 0 Å². The maximum absolute atomic E-state index is 12.0. The Morgan fingerprint density at radius 3 is 2.69 bits per heavy atom. The van der Waals surface area contributed by atoms with Gasteiger partial charge in [0.05, 0.1) is 6.20 Å². The largest absolute Gasteiger partial charge is 0.383 e. The zero-order chi connectivity index (χ0) is 11.8. The zero-order valence-electron chi connectivity index (χ0n) is 9.16. The minimum atomic E-state index is -3.55. The van der Waals surface area contributed by atoms with Crippen molar-refractivity contribution in [2.24, 2.45) is 0 Å². The van der Waals surface area contributed by atoms with Gasteiger partial charge in [-0.2, -0.15) is 5.10 Å². The number of hydrogen-bond donors (Lipinski definition) is 3. The summed E-state index contributed by atoms with van der Waals surface area (Å²) < 4.78 is 26.8. The summed E-state index contributed by atoms with van der Waals surface area (Å²) >= 11 is 0. The van der Waals surface area contributed by atoms with Gasteiger partial charge in [-0.3, -0.25) is 5.10 Å². The summed E-state index contributed by atoms with van der Waals surface area (Å²) in [5, 5.41) is 6.04. The molecule has 1 heterocycles. The van der Waals surface area contributed by atoms with Crippen LogP contribution in [-0.2, 0) is 10.0 Å². The number of sulfonamides is 1. The molecule has 0 saturated heterocycles. The van der Waals surface area contributed by atoms with Crippen molar-refractivity contribution in [1.29, 1.82) is 0 Å². The molecule has 7 heteroatoms. The lowest BCUT2D eigenvalue weighted by Gasteiger charge is -2.41. The second-order valence-corrected chi connectivity index (χ2v) is 5.89. The number of rotatable bonds is 4. The molecular formula is C9H16N4O2S. The van der Waals surface area contributed by atoms with E-state index in [0.717, 1.165) is 25.7 Å². The maximum Gasteiger partial charge on any atom is 0.246 e. The molecule has 16 heavy (non-hydrogen) atoms. The second kappa shape index (κ2) is 3.74. The van der Waals surface area contributed by atoms with E-state index < -0.39 is 10.0 Å². The summed E-state index contributed by atoms with van der Waals surface area (Å²) in [5.41, 5.74) is 5.23. The molecule has 1 fully saturated rings. The van der Waals surface area contributed by atoms with E-state index in [0.29, 0.717) is 0 Å². The molecule has 0 atom stereocenters. The highest BCUT2D eigenvalue weighted by Gasteiger charge is 2.39. The van der Waals surface area contributed by atoms with Crippen LogP contribution in [0.5, 0.6) is 0 Å². The van der Waals surface area contributed by atoms with Gasteiger partial charge < -0.3 is 5.73 Å². The van der Waals surface area contributed by atoms with Crippen molar-refractivity contribution in [2.75, 3.05) is 5.73 Å². The molecule has 1 saturated carbocycles. The first kappa shape index (κ1) is 11.4. The first-order valence-electron chi connectivity index (χ1n) is 5.32. The summed E-state index contributed by atoms with van der Waals surface area (Å²) in [6, 6.07) is 0. The molecule has 1 aliphatic rings. The third-order valence-electron chi connectivity index (χ3n) is 3.26. The van der Waals surface area contributed by atoms with E-state index in [1.54, 1.807) is 0 Å². The van der Waals surface area contributed by atoms with Crippen LogP contribution in [-0.4, -0.2) is 24.2 Å². The lowest BCUT2D eigenvalue weighted by atomic mass is 9.76. The molecule has 0 spiro atoms. The third-order valence-corrected chi connectivity index (χ3v) is 4.87. The van der Waals surface area contributed by atoms with Gasteiger partial charge in [-0.15, -0.1) is 0 Å². The van der Waals surface area contributed by atoms with Crippen LogP contribution < -0.4 is 10.5 Å². The molecule has 1 aliphatic carbocycles. The minimum Gasteiger partial charge on any atom is -0.383 e. The fourth-order valence-corrected chi connectivity index (χ4v) is 3.53. The van der Waals surface area contributed by atoms with E-state index in [9.17, 15) is 8.42 Å².